The Morgan fingerprint density at radius 3 is 2.57 bits per heavy atom. The molecule has 0 saturated heterocycles. The van der Waals surface area contributed by atoms with E-state index in [1.807, 2.05) is 13.8 Å². The molecular weight excluding hydrogens is 311 g/mol. The quantitative estimate of drug-likeness (QED) is 0.869. The van der Waals surface area contributed by atoms with Gasteiger partial charge >= 0.3 is 0 Å². The average molecular weight is 335 g/mol. The number of likely N-dealkylation sites (N-methyl/N-ethyl adjacent to an activating group) is 1. The maximum absolute atomic E-state index is 12.2. The number of benzene rings is 1. The Kier molecular flexibility index (Phi) is 8.71. The van der Waals surface area contributed by atoms with Crippen molar-refractivity contribution in [1.82, 2.24) is 4.90 Å². The minimum absolute atomic E-state index is 0. The molecule has 0 heterocycles. The molecule has 0 aliphatic heterocycles. The lowest BCUT2D eigenvalue weighted by Gasteiger charge is -2.23. The van der Waals surface area contributed by atoms with E-state index in [1.165, 1.54) is 0 Å². The van der Waals surface area contributed by atoms with Gasteiger partial charge in [-0.2, -0.15) is 0 Å². The normalized spacial score (nSPS) is 11.8. The van der Waals surface area contributed by atoms with Gasteiger partial charge in [-0.15, -0.1) is 12.4 Å². The highest BCUT2D eigenvalue weighted by Gasteiger charge is 2.20. The van der Waals surface area contributed by atoms with Gasteiger partial charge in [-0.3, -0.25) is 4.79 Å². The van der Waals surface area contributed by atoms with E-state index in [1.54, 1.807) is 37.3 Å². The fraction of sp³-hybridized carbons (Fsp3) is 0.533. The number of halogens is 2. The molecule has 4 nitrogen and oxygen atoms in total. The van der Waals surface area contributed by atoms with Crippen LogP contribution in [0.3, 0.4) is 0 Å². The van der Waals surface area contributed by atoms with Crippen LogP contribution in [0.5, 0.6) is 5.75 Å². The fourth-order valence-electron chi connectivity index (χ4n) is 2.10. The minimum atomic E-state index is -0.467. The number of carbonyl (C=O) groups is 1. The van der Waals surface area contributed by atoms with Crippen LogP contribution in [-0.2, 0) is 11.3 Å². The first-order valence-corrected chi connectivity index (χ1v) is 7.06. The van der Waals surface area contributed by atoms with Crippen molar-refractivity contribution in [2.75, 3.05) is 14.2 Å². The molecule has 0 unspecified atom stereocenters. The maximum atomic E-state index is 12.2. The van der Waals surface area contributed by atoms with Gasteiger partial charge in [-0.05, 0) is 30.5 Å². The van der Waals surface area contributed by atoms with Crippen molar-refractivity contribution in [3.63, 3.8) is 0 Å². The van der Waals surface area contributed by atoms with Crippen molar-refractivity contribution < 1.29 is 9.53 Å². The lowest BCUT2D eigenvalue weighted by atomic mass is 10.0. The summed E-state index contributed by atoms with van der Waals surface area (Å²) in [6, 6.07) is 4.89. The fourth-order valence-corrected chi connectivity index (χ4v) is 2.29. The zero-order valence-electron chi connectivity index (χ0n) is 12.9. The van der Waals surface area contributed by atoms with Crippen LogP contribution >= 0.6 is 24.0 Å². The summed E-state index contributed by atoms with van der Waals surface area (Å²) < 4.78 is 5.28. The van der Waals surface area contributed by atoms with Crippen LogP contribution < -0.4 is 10.5 Å². The molecule has 0 aromatic heterocycles. The van der Waals surface area contributed by atoms with Crippen molar-refractivity contribution in [2.45, 2.75) is 32.9 Å². The summed E-state index contributed by atoms with van der Waals surface area (Å²) in [4.78, 5) is 13.8. The summed E-state index contributed by atoms with van der Waals surface area (Å²) in [5, 5.41) is 0.619. The predicted molar refractivity (Wildman–Crippen MR) is 89.2 cm³/mol. The van der Waals surface area contributed by atoms with E-state index in [-0.39, 0.29) is 18.3 Å². The van der Waals surface area contributed by atoms with Crippen LogP contribution in [0.1, 0.15) is 25.8 Å². The van der Waals surface area contributed by atoms with Gasteiger partial charge in [0, 0.05) is 24.2 Å². The number of carbonyl (C=O) groups excluding carboxylic acids is 1. The van der Waals surface area contributed by atoms with Gasteiger partial charge in [-0.25, -0.2) is 0 Å². The molecule has 0 fully saturated rings. The number of nitrogens with two attached hydrogens (primary N) is 1. The molecular formula is C15H24Cl2N2O2. The van der Waals surface area contributed by atoms with E-state index in [9.17, 15) is 4.79 Å². The topological polar surface area (TPSA) is 55.6 Å². The van der Waals surface area contributed by atoms with E-state index < -0.39 is 6.04 Å². The number of ether oxygens (including phenoxy) is 1. The van der Waals surface area contributed by atoms with Crippen LogP contribution in [0.15, 0.2) is 18.2 Å². The first-order chi connectivity index (χ1) is 9.35. The molecule has 0 aliphatic carbocycles. The molecule has 1 aromatic rings. The first-order valence-electron chi connectivity index (χ1n) is 6.68. The lowest BCUT2D eigenvalue weighted by Crippen LogP contribution is -2.42. The Morgan fingerprint density at radius 1 is 1.43 bits per heavy atom. The molecule has 0 radical (unpaired) electrons. The Bertz CT molecular complexity index is 467. The summed E-state index contributed by atoms with van der Waals surface area (Å²) in [6.45, 7) is 4.52. The van der Waals surface area contributed by atoms with E-state index in [0.29, 0.717) is 29.7 Å². The molecule has 120 valence electrons. The number of methoxy groups -OCH3 is 1. The first kappa shape index (κ1) is 20.0. The summed E-state index contributed by atoms with van der Waals surface area (Å²) in [7, 11) is 3.34. The van der Waals surface area contributed by atoms with Crippen molar-refractivity contribution in [2.24, 2.45) is 11.7 Å². The highest BCUT2D eigenvalue weighted by molar-refractivity contribution is 6.30. The number of hydrogen-bond donors (Lipinski definition) is 1. The number of nitrogens with zero attached hydrogens (tertiary/aromatic N) is 1. The molecule has 2 N–H and O–H groups in total. The third-order valence-electron chi connectivity index (χ3n) is 3.07. The Labute approximate surface area is 138 Å². The standard InChI is InChI=1S/C15H23ClN2O2.ClH/c1-10(2)7-13(17)15(19)18(3)9-11-8-12(16)5-6-14(11)20-4;/h5-6,8,10,13H,7,9,17H2,1-4H3;1H/t13-;/m0./s1. The van der Waals surface area contributed by atoms with Gasteiger partial charge in [0.05, 0.1) is 13.2 Å². The summed E-state index contributed by atoms with van der Waals surface area (Å²) >= 11 is 5.98. The van der Waals surface area contributed by atoms with Crippen LogP contribution in [0.4, 0.5) is 0 Å². The molecule has 1 rings (SSSR count). The van der Waals surface area contributed by atoms with E-state index in [4.69, 9.17) is 22.1 Å². The largest absolute Gasteiger partial charge is 0.496 e. The predicted octanol–water partition coefficient (Wildman–Crippen LogP) is 3.10. The number of rotatable bonds is 6. The molecule has 0 saturated carbocycles. The second-order valence-electron chi connectivity index (χ2n) is 5.39. The summed E-state index contributed by atoms with van der Waals surface area (Å²) in [6.07, 6.45) is 0.676. The SMILES string of the molecule is COc1ccc(Cl)cc1CN(C)C(=O)[C@@H](N)CC(C)C.Cl. The van der Waals surface area contributed by atoms with Gasteiger partial charge in [0.1, 0.15) is 5.75 Å². The van der Waals surface area contributed by atoms with E-state index in [0.717, 1.165) is 5.56 Å². The Hall–Kier alpha value is -0.970. The minimum Gasteiger partial charge on any atom is -0.496 e. The Morgan fingerprint density at radius 2 is 2.05 bits per heavy atom. The molecule has 1 aromatic carbocycles. The van der Waals surface area contributed by atoms with Crippen LogP contribution in [0.25, 0.3) is 0 Å². The van der Waals surface area contributed by atoms with Crippen molar-refractivity contribution in [3.05, 3.63) is 28.8 Å². The summed E-state index contributed by atoms with van der Waals surface area (Å²) in [5.74, 6) is 1.04. The molecule has 6 heteroatoms. The molecule has 1 amide bonds. The van der Waals surface area contributed by atoms with Crippen LogP contribution in [0, 0.1) is 5.92 Å². The molecule has 0 bridgehead atoms. The zero-order chi connectivity index (χ0) is 15.3. The zero-order valence-corrected chi connectivity index (χ0v) is 14.5. The van der Waals surface area contributed by atoms with E-state index >= 15 is 0 Å². The highest BCUT2D eigenvalue weighted by Crippen LogP contribution is 2.24. The van der Waals surface area contributed by atoms with Crippen LogP contribution in [0.2, 0.25) is 5.02 Å². The maximum Gasteiger partial charge on any atom is 0.239 e. The van der Waals surface area contributed by atoms with Crippen molar-refractivity contribution in [1.29, 1.82) is 0 Å². The van der Waals surface area contributed by atoms with Gasteiger partial charge in [0.2, 0.25) is 5.91 Å². The average Bonchev–Trinajstić information content (AvgIpc) is 2.37. The molecule has 0 spiro atoms. The third-order valence-corrected chi connectivity index (χ3v) is 3.30. The van der Waals surface area contributed by atoms with E-state index in [2.05, 4.69) is 0 Å². The van der Waals surface area contributed by atoms with Crippen LogP contribution in [-0.4, -0.2) is 31.0 Å². The second-order valence-corrected chi connectivity index (χ2v) is 5.82. The van der Waals surface area contributed by atoms with Crippen molar-refractivity contribution >= 4 is 29.9 Å². The smallest absolute Gasteiger partial charge is 0.239 e. The molecule has 1 atom stereocenters. The third kappa shape index (κ3) is 6.12. The summed E-state index contributed by atoms with van der Waals surface area (Å²) in [5.41, 5.74) is 6.79. The second kappa shape index (κ2) is 9.13. The highest BCUT2D eigenvalue weighted by atomic mass is 35.5. The number of hydrogen-bond acceptors (Lipinski definition) is 3. The van der Waals surface area contributed by atoms with Gasteiger partial charge in [-0.1, -0.05) is 25.4 Å². The Balaban J connectivity index is 0.00000400. The van der Waals surface area contributed by atoms with Gasteiger partial charge < -0.3 is 15.4 Å². The number of amides is 1. The lowest BCUT2D eigenvalue weighted by molar-refractivity contribution is -0.132. The van der Waals surface area contributed by atoms with Gasteiger partial charge in [0.25, 0.3) is 0 Å². The van der Waals surface area contributed by atoms with Gasteiger partial charge in [0.15, 0.2) is 0 Å². The molecule has 0 aliphatic rings. The van der Waals surface area contributed by atoms with Crippen molar-refractivity contribution in [3.8, 4) is 5.75 Å². The molecule has 21 heavy (non-hydrogen) atoms. The monoisotopic (exact) mass is 334 g/mol.